The highest BCUT2D eigenvalue weighted by Gasteiger charge is 2.18. The van der Waals surface area contributed by atoms with Crippen LogP contribution in [-0.2, 0) is 22.7 Å². The van der Waals surface area contributed by atoms with Crippen LogP contribution in [0.1, 0.15) is 34.5 Å². The lowest BCUT2D eigenvalue weighted by Gasteiger charge is -2.22. The van der Waals surface area contributed by atoms with Crippen molar-refractivity contribution >= 4 is 0 Å². The van der Waals surface area contributed by atoms with Crippen molar-refractivity contribution in [3.05, 3.63) is 120 Å². The molecule has 0 aromatic heterocycles. The van der Waals surface area contributed by atoms with E-state index in [-0.39, 0.29) is 12.2 Å². The van der Waals surface area contributed by atoms with Crippen LogP contribution in [0.25, 0.3) is 0 Å². The van der Waals surface area contributed by atoms with Crippen LogP contribution >= 0.6 is 0 Å². The highest BCUT2D eigenvalue weighted by atomic mass is 16.5. The summed E-state index contributed by atoms with van der Waals surface area (Å²) in [6.45, 7) is 8.90. The Bertz CT molecular complexity index is 910. The molecule has 0 aliphatic rings. The highest BCUT2D eigenvalue weighted by Crippen LogP contribution is 2.31. The van der Waals surface area contributed by atoms with E-state index in [1.54, 1.807) is 14.2 Å². The van der Waals surface area contributed by atoms with Gasteiger partial charge in [-0.1, -0.05) is 60.7 Å². The first-order valence-electron chi connectivity index (χ1n) is 10.5. The summed E-state index contributed by atoms with van der Waals surface area (Å²) in [5, 5.41) is 0. The lowest BCUT2D eigenvalue weighted by molar-refractivity contribution is 0.0570. The molecule has 0 radical (unpaired) electrons. The maximum absolute atomic E-state index is 6.20. The Morgan fingerprint density at radius 3 is 1.31 bits per heavy atom. The van der Waals surface area contributed by atoms with E-state index in [1.165, 1.54) is 0 Å². The molecule has 0 fully saturated rings. The summed E-state index contributed by atoms with van der Waals surface area (Å²) >= 11 is 0. The largest absolute Gasteiger partial charge is 0.497 e. The molecule has 32 heavy (non-hydrogen) atoms. The summed E-state index contributed by atoms with van der Waals surface area (Å²) in [5.41, 5.74) is 4.14. The van der Waals surface area contributed by atoms with Crippen LogP contribution in [0.5, 0.6) is 11.5 Å². The third kappa shape index (κ3) is 6.10. The van der Waals surface area contributed by atoms with Gasteiger partial charge in [-0.05, 0) is 46.5 Å². The van der Waals surface area contributed by atoms with Gasteiger partial charge in [0.05, 0.1) is 27.4 Å². The average Bonchev–Trinajstić information content (AvgIpc) is 2.86. The molecule has 0 N–H and O–H groups in total. The van der Waals surface area contributed by atoms with E-state index in [9.17, 15) is 0 Å². The van der Waals surface area contributed by atoms with E-state index >= 15 is 0 Å². The molecule has 3 aromatic rings. The average molecular weight is 431 g/mol. The molecular weight excluding hydrogens is 400 g/mol. The van der Waals surface area contributed by atoms with Crippen molar-refractivity contribution < 1.29 is 18.9 Å². The fourth-order valence-corrected chi connectivity index (χ4v) is 3.41. The molecule has 2 unspecified atom stereocenters. The second kappa shape index (κ2) is 11.9. The van der Waals surface area contributed by atoms with Crippen LogP contribution in [0.2, 0.25) is 0 Å². The molecule has 0 spiro atoms. The van der Waals surface area contributed by atoms with Gasteiger partial charge in [0, 0.05) is 0 Å². The van der Waals surface area contributed by atoms with E-state index in [0.717, 1.165) is 33.8 Å². The third-order valence-electron chi connectivity index (χ3n) is 5.21. The molecule has 3 rings (SSSR count). The summed E-state index contributed by atoms with van der Waals surface area (Å²) < 4.78 is 22.8. The molecular formula is C28H30O4. The van der Waals surface area contributed by atoms with Crippen molar-refractivity contribution in [2.45, 2.75) is 25.4 Å². The molecule has 166 valence electrons. The lowest BCUT2D eigenvalue weighted by Crippen LogP contribution is -2.10. The van der Waals surface area contributed by atoms with Gasteiger partial charge in [0.15, 0.2) is 0 Å². The standard InChI is InChI=1S/C28H30O4/c1-5-27(31-19-21-11-15-23(29-3)16-12-21)25-9-7-8-10-26(25)28(6-2)32-20-22-13-17-24(30-4)18-14-22/h5-18,27-28H,1-2,19-20H2,3-4H3. The fraction of sp³-hybridized carbons (Fsp3) is 0.214. The fourth-order valence-electron chi connectivity index (χ4n) is 3.41. The smallest absolute Gasteiger partial charge is 0.118 e. The van der Waals surface area contributed by atoms with E-state index < -0.39 is 0 Å². The minimum Gasteiger partial charge on any atom is -0.497 e. The van der Waals surface area contributed by atoms with E-state index in [0.29, 0.717) is 13.2 Å². The van der Waals surface area contributed by atoms with Crippen LogP contribution in [0.3, 0.4) is 0 Å². The second-order valence-corrected chi connectivity index (χ2v) is 7.26. The van der Waals surface area contributed by atoms with Crippen LogP contribution in [0.4, 0.5) is 0 Å². The van der Waals surface area contributed by atoms with Gasteiger partial charge in [-0.2, -0.15) is 0 Å². The van der Waals surface area contributed by atoms with Gasteiger partial charge >= 0.3 is 0 Å². The number of hydrogen-bond acceptors (Lipinski definition) is 4. The Morgan fingerprint density at radius 1 is 0.625 bits per heavy atom. The second-order valence-electron chi connectivity index (χ2n) is 7.26. The highest BCUT2D eigenvalue weighted by molar-refractivity contribution is 5.35. The summed E-state index contributed by atoms with van der Waals surface area (Å²) in [5.74, 6) is 1.64. The predicted octanol–water partition coefficient (Wildman–Crippen LogP) is 6.59. The Morgan fingerprint density at radius 2 is 1.00 bits per heavy atom. The first-order chi connectivity index (χ1) is 15.7. The van der Waals surface area contributed by atoms with Crippen LogP contribution < -0.4 is 9.47 Å². The lowest BCUT2D eigenvalue weighted by atomic mass is 9.97. The van der Waals surface area contributed by atoms with E-state index in [2.05, 4.69) is 13.2 Å². The summed E-state index contributed by atoms with van der Waals surface area (Å²) in [6.07, 6.45) is 3.07. The Kier molecular flexibility index (Phi) is 8.67. The van der Waals surface area contributed by atoms with Gasteiger partial charge in [-0.15, -0.1) is 13.2 Å². The minimum atomic E-state index is -0.277. The first kappa shape index (κ1) is 23.3. The van der Waals surface area contributed by atoms with Crippen molar-refractivity contribution in [3.8, 4) is 11.5 Å². The molecule has 2 atom stereocenters. The predicted molar refractivity (Wildman–Crippen MR) is 128 cm³/mol. The maximum atomic E-state index is 6.20. The Hall–Kier alpha value is -3.34. The third-order valence-corrected chi connectivity index (χ3v) is 5.21. The molecule has 4 heteroatoms. The van der Waals surface area contributed by atoms with Crippen molar-refractivity contribution in [2.75, 3.05) is 14.2 Å². The van der Waals surface area contributed by atoms with E-state index in [1.807, 2.05) is 84.9 Å². The monoisotopic (exact) mass is 430 g/mol. The summed E-state index contributed by atoms with van der Waals surface area (Å²) in [4.78, 5) is 0. The zero-order chi connectivity index (χ0) is 22.8. The molecule has 0 amide bonds. The van der Waals surface area contributed by atoms with Gasteiger partial charge in [0.1, 0.15) is 23.7 Å². The van der Waals surface area contributed by atoms with Crippen molar-refractivity contribution in [1.82, 2.24) is 0 Å². The van der Waals surface area contributed by atoms with Gasteiger partial charge in [0.2, 0.25) is 0 Å². The zero-order valence-electron chi connectivity index (χ0n) is 18.7. The number of benzene rings is 3. The quantitative estimate of drug-likeness (QED) is 0.304. The zero-order valence-corrected chi connectivity index (χ0v) is 18.7. The van der Waals surface area contributed by atoms with Gasteiger partial charge in [0.25, 0.3) is 0 Å². The van der Waals surface area contributed by atoms with Crippen LogP contribution in [-0.4, -0.2) is 14.2 Å². The molecule has 3 aromatic carbocycles. The first-order valence-corrected chi connectivity index (χ1v) is 10.5. The minimum absolute atomic E-state index is 0.277. The van der Waals surface area contributed by atoms with Gasteiger partial charge in [-0.3, -0.25) is 0 Å². The number of methoxy groups -OCH3 is 2. The maximum Gasteiger partial charge on any atom is 0.118 e. The molecule has 0 aliphatic carbocycles. The number of hydrogen-bond donors (Lipinski definition) is 0. The molecule has 0 saturated carbocycles. The number of ether oxygens (including phenoxy) is 4. The van der Waals surface area contributed by atoms with Crippen LogP contribution in [0.15, 0.2) is 98.1 Å². The van der Waals surface area contributed by atoms with Gasteiger partial charge in [-0.25, -0.2) is 0 Å². The molecule has 0 aliphatic heterocycles. The molecule has 0 bridgehead atoms. The summed E-state index contributed by atoms with van der Waals surface area (Å²) in [7, 11) is 3.31. The van der Waals surface area contributed by atoms with Gasteiger partial charge < -0.3 is 18.9 Å². The van der Waals surface area contributed by atoms with Crippen LogP contribution in [0, 0.1) is 0 Å². The molecule has 0 saturated heterocycles. The van der Waals surface area contributed by atoms with E-state index in [4.69, 9.17) is 18.9 Å². The Labute approximate surface area is 190 Å². The van der Waals surface area contributed by atoms with Crippen molar-refractivity contribution in [3.63, 3.8) is 0 Å². The molecule has 0 heterocycles. The normalized spacial score (nSPS) is 12.6. The Balaban J connectivity index is 1.71. The topological polar surface area (TPSA) is 36.9 Å². The SMILES string of the molecule is C=CC(OCc1ccc(OC)cc1)c1ccccc1C(C=C)OCc1ccc(OC)cc1. The number of rotatable bonds is 12. The van der Waals surface area contributed by atoms with Crippen molar-refractivity contribution in [2.24, 2.45) is 0 Å². The summed E-state index contributed by atoms with van der Waals surface area (Å²) in [6, 6.07) is 23.8. The van der Waals surface area contributed by atoms with Crippen molar-refractivity contribution in [1.29, 1.82) is 0 Å². The molecule has 4 nitrogen and oxygen atoms in total.